The lowest BCUT2D eigenvalue weighted by Gasteiger charge is -2.01. The first-order valence-corrected chi connectivity index (χ1v) is 5.73. The lowest BCUT2D eigenvalue weighted by molar-refractivity contribution is 0.0956. The lowest BCUT2D eigenvalue weighted by Crippen LogP contribution is -2.28. The molecule has 19 heavy (non-hydrogen) atoms. The van der Waals surface area contributed by atoms with Gasteiger partial charge in [0.05, 0.1) is 11.0 Å². The van der Waals surface area contributed by atoms with Crippen LogP contribution in [0.2, 0.25) is 0 Å². The average Bonchev–Trinajstić information content (AvgIpc) is 2.59. The van der Waals surface area contributed by atoms with Crippen LogP contribution in [-0.4, -0.2) is 15.0 Å². The summed E-state index contributed by atoms with van der Waals surface area (Å²) in [4.78, 5) is 24.5. The third kappa shape index (κ3) is 1.89. The maximum Gasteiger partial charge on any atom is 0.340 e. The number of nitrogens with zero attached hydrogens (tertiary/aromatic N) is 2. The number of aromatic nitrogens is 2. The number of benzene rings is 1. The highest BCUT2D eigenvalue weighted by Crippen LogP contribution is 2.19. The molecule has 0 spiro atoms. The predicted molar refractivity (Wildman–Crippen MR) is 77.1 cm³/mol. The van der Waals surface area contributed by atoms with E-state index >= 15 is 0 Å². The molecule has 0 bridgehead atoms. The maximum absolute atomic E-state index is 12.3. The van der Waals surface area contributed by atoms with Crippen molar-refractivity contribution in [2.45, 2.75) is 13.8 Å². The highest BCUT2D eigenvalue weighted by atomic mass is 16.2. The van der Waals surface area contributed by atoms with Crippen LogP contribution in [0.1, 0.15) is 18.6 Å². The molecule has 0 radical (unpaired) electrons. The zero-order chi connectivity index (χ0) is 14.3. The van der Waals surface area contributed by atoms with Gasteiger partial charge in [-0.05, 0) is 32.0 Å². The monoisotopic (exact) mass is 257 g/mol. The molecule has 0 aliphatic heterocycles. The SMILES string of the molecule is C=C(C)C(=O)n1c(=O)n(C(=C)C)c2ccc(N)cc21. The van der Waals surface area contributed by atoms with E-state index in [1.807, 2.05) is 0 Å². The van der Waals surface area contributed by atoms with Gasteiger partial charge in [-0.2, -0.15) is 0 Å². The van der Waals surface area contributed by atoms with E-state index in [9.17, 15) is 9.59 Å². The Morgan fingerprint density at radius 2 is 1.79 bits per heavy atom. The summed E-state index contributed by atoms with van der Waals surface area (Å²) >= 11 is 0. The third-order valence-electron chi connectivity index (χ3n) is 2.81. The zero-order valence-electron chi connectivity index (χ0n) is 10.9. The summed E-state index contributed by atoms with van der Waals surface area (Å²) in [6.45, 7) is 10.6. The summed E-state index contributed by atoms with van der Waals surface area (Å²) in [5, 5.41) is 0. The molecule has 5 nitrogen and oxygen atoms in total. The minimum absolute atomic E-state index is 0.283. The standard InChI is InChI=1S/C14H15N3O2/c1-8(2)13(18)17-12-7-10(15)5-6-11(12)16(9(3)4)14(17)19/h5-7H,1,3,15H2,2,4H3. The van der Waals surface area contributed by atoms with Crippen molar-refractivity contribution in [3.05, 3.63) is 47.4 Å². The summed E-state index contributed by atoms with van der Waals surface area (Å²) in [7, 11) is 0. The smallest absolute Gasteiger partial charge is 0.340 e. The van der Waals surface area contributed by atoms with E-state index in [0.29, 0.717) is 22.4 Å². The largest absolute Gasteiger partial charge is 0.399 e. The fraction of sp³-hybridized carbons (Fsp3) is 0.143. The Morgan fingerprint density at radius 1 is 1.16 bits per heavy atom. The molecule has 0 unspecified atom stereocenters. The highest BCUT2D eigenvalue weighted by Gasteiger charge is 2.19. The average molecular weight is 257 g/mol. The van der Waals surface area contributed by atoms with Crippen molar-refractivity contribution in [1.29, 1.82) is 0 Å². The van der Waals surface area contributed by atoms with Gasteiger partial charge in [-0.25, -0.2) is 9.36 Å². The van der Waals surface area contributed by atoms with E-state index in [1.54, 1.807) is 32.0 Å². The van der Waals surface area contributed by atoms with Crippen molar-refractivity contribution in [1.82, 2.24) is 9.13 Å². The minimum Gasteiger partial charge on any atom is -0.399 e. The molecule has 0 saturated heterocycles. The van der Waals surface area contributed by atoms with Gasteiger partial charge < -0.3 is 5.73 Å². The fourth-order valence-corrected chi connectivity index (χ4v) is 1.97. The molecular formula is C14H15N3O2. The molecule has 98 valence electrons. The van der Waals surface area contributed by atoms with E-state index in [4.69, 9.17) is 5.73 Å². The van der Waals surface area contributed by atoms with E-state index in [-0.39, 0.29) is 5.57 Å². The summed E-state index contributed by atoms with van der Waals surface area (Å²) in [6, 6.07) is 4.97. The Kier molecular flexibility index (Phi) is 2.90. The fourth-order valence-electron chi connectivity index (χ4n) is 1.97. The number of carbonyl (C=O) groups is 1. The summed E-state index contributed by atoms with van der Waals surface area (Å²) in [6.07, 6.45) is 0. The Morgan fingerprint density at radius 3 is 2.32 bits per heavy atom. The van der Waals surface area contributed by atoms with Crippen molar-refractivity contribution in [2.75, 3.05) is 5.73 Å². The second-order valence-corrected chi connectivity index (χ2v) is 4.52. The normalized spacial score (nSPS) is 10.6. The maximum atomic E-state index is 12.3. The molecule has 0 amide bonds. The zero-order valence-corrected chi connectivity index (χ0v) is 10.9. The number of nitrogens with two attached hydrogens (primary N) is 1. The number of fused-ring (bicyclic) bond motifs is 1. The van der Waals surface area contributed by atoms with Crippen molar-refractivity contribution in [2.24, 2.45) is 0 Å². The number of nitrogen functional groups attached to an aromatic ring is 1. The van der Waals surface area contributed by atoms with Crippen molar-refractivity contribution >= 4 is 28.3 Å². The van der Waals surface area contributed by atoms with Gasteiger partial charge in [-0.15, -0.1) is 0 Å². The van der Waals surface area contributed by atoms with Gasteiger partial charge in [-0.3, -0.25) is 9.36 Å². The minimum atomic E-state index is -0.457. The molecule has 2 aromatic rings. The molecule has 1 heterocycles. The highest BCUT2D eigenvalue weighted by molar-refractivity contribution is 6.01. The molecule has 1 aromatic heterocycles. The van der Waals surface area contributed by atoms with Gasteiger partial charge >= 0.3 is 5.69 Å². The summed E-state index contributed by atoms with van der Waals surface area (Å²) < 4.78 is 2.46. The first kappa shape index (κ1) is 12.9. The summed E-state index contributed by atoms with van der Waals surface area (Å²) in [5.74, 6) is -0.444. The quantitative estimate of drug-likeness (QED) is 0.661. The lowest BCUT2D eigenvalue weighted by atomic mass is 10.2. The Hall–Kier alpha value is -2.56. The number of hydrogen-bond donors (Lipinski definition) is 1. The van der Waals surface area contributed by atoms with Crippen LogP contribution in [0.15, 0.2) is 41.7 Å². The first-order chi connectivity index (χ1) is 8.84. The van der Waals surface area contributed by atoms with Gasteiger partial charge in [0, 0.05) is 17.0 Å². The Labute approximate surface area is 110 Å². The van der Waals surface area contributed by atoms with Crippen LogP contribution in [-0.2, 0) is 0 Å². The molecule has 0 atom stereocenters. The van der Waals surface area contributed by atoms with Crippen LogP contribution >= 0.6 is 0 Å². The molecule has 0 aliphatic rings. The van der Waals surface area contributed by atoms with Gasteiger partial charge in [0.15, 0.2) is 0 Å². The number of allylic oxidation sites excluding steroid dienone is 2. The van der Waals surface area contributed by atoms with Crippen molar-refractivity contribution in [3.8, 4) is 0 Å². The number of hydrogen-bond acceptors (Lipinski definition) is 3. The van der Waals surface area contributed by atoms with Gasteiger partial charge in [0.25, 0.3) is 5.91 Å². The second-order valence-electron chi connectivity index (χ2n) is 4.52. The van der Waals surface area contributed by atoms with Gasteiger partial charge in [0.2, 0.25) is 0 Å². The Bertz CT molecular complexity index is 778. The van der Waals surface area contributed by atoms with Crippen LogP contribution in [0, 0.1) is 0 Å². The number of imidazole rings is 1. The van der Waals surface area contributed by atoms with Gasteiger partial charge in [0.1, 0.15) is 0 Å². The van der Waals surface area contributed by atoms with Crippen molar-refractivity contribution in [3.63, 3.8) is 0 Å². The van der Waals surface area contributed by atoms with E-state index < -0.39 is 11.6 Å². The number of rotatable bonds is 2. The van der Waals surface area contributed by atoms with Gasteiger partial charge in [-0.1, -0.05) is 13.2 Å². The topological polar surface area (TPSA) is 70.0 Å². The molecule has 2 rings (SSSR count). The van der Waals surface area contributed by atoms with Crippen LogP contribution in [0.25, 0.3) is 16.7 Å². The molecule has 5 heteroatoms. The third-order valence-corrected chi connectivity index (χ3v) is 2.81. The number of carbonyl (C=O) groups excluding carboxylic acids is 1. The van der Waals surface area contributed by atoms with Crippen LogP contribution in [0.3, 0.4) is 0 Å². The molecule has 0 saturated carbocycles. The van der Waals surface area contributed by atoms with Crippen LogP contribution in [0.4, 0.5) is 5.69 Å². The summed E-state index contributed by atoms with van der Waals surface area (Å²) in [5.41, 5.74) is 7.62. The van der Waals surface area contributed by atoms with E-state index in [2.05, 4.69) is 13.2 Å². The van der Waals surface area contributed by atoms with E-state index in [0.717, 1.165) is 4.57 Å². The van der Waals surface area contributed by atoms with Crippen LogP contribution < -0.4 is 11.4 Å². The molecule has 2 N–H and O–H groups in total. The van der Waals surface area contributed by atoms with Crippen molar-refractivity contribution < 1.29 is 4.79 Å². The molecular weight excluding hydrogens is 242 g/mol. The molecule has 0 aliphatic carbocycles. The van der Waals surface area contributed by atoms with E-state index in [1.165, 1.54) is 4.57 Å². The second kappa shape index (κ2) is 4.28. The van der Waals surface area contributed by atoms with Crippen LogP contribution in [0.5, 0.6) is 0 Å². The number of anilines is 1. The molecule has 1 aromatic carbocycles. The first-order valence-electron chi connectivity index (χ1n) is 5.73. The predicted octanol–water partition coefficient (Wildman–Crippen LogP) is 2.09. The molecule has 0 fully saturated rings. The Balaban J connectivity index is 2.98.